The second-order valence-electron chi connectivity index (χ2n) is 5.16. The molecule has 0 aliphatic heterocycles. The Balaban J connectivity index is 2.35. The molecule has 0 amide bonds. The first-order valence-electron chi connectivity index (χ1n) is 6.93. The van der Waals surface area contributed by atoms with Gasteiger partial charge >= 0.3 is 0 Å². The summed E-state index contributed by atoms with van der Waals surface area (Å²) in [5.74, 6) is 3.37. The Morgan fingerprint density at radius 3 is 2.50 bits per heavy atom. The lowest BCUT2D eigenvalue weighted by Crippen LogP contribution is -2.30. The SMILES string of the molecule is C#C[C@H](CCCCC)[C@H](O)C1CCCCC1. The zero-order valence-electron chi connectivity index (χ0n) is 10.6. The third kappa shape index (κ3) is 4.18. The molecule has 0 aromatic heterocycles. The van der Waals surface area contributed by atoms with Gasteiger partial charge in [-0.3, -0.25) is 0 Å². The van der Waals surface area contributed by atoms with E-state index in [0.29, 0.717) is 5.92 Å². The molecule has 1 fully saturated rings. The van der Waals surface area contributed by atoms with Crippen LogP contribution in [-0.4, -0.2) is 11.2 Å². The van der Waals surface area contributed by atoms with Gasteiger partial charge in [0, 0.05) is 5.92 Å². The summed E-state index contributed by atoms with van der Waals surface area (Å²) in [7, 11) is 0. The van der Waals surface area contributed by atoms with E-state index in [1.165, 1.54) is 44.9 Å². The third-order valence-corrected chi connectivity index (χ3v) is 3.88. The number of unbranched alkanes of at least 4 members (excludes halogenated alkanes) is 2. The topological polar surface area (TPSA) is 20.2 Å². The highest BCUT2D eigenvalue weighted by atomic mass is 16.3. The summed E-state index contributed by atoms with van der Waals surface area (Å²) in [5, 5.41) is 10.3. The standard InChI is InChI=1S/C15H26O/c1-3-5-7-10-13(4-2)15(16)14-11-8-6-9-12-14/h2,13-16H,3,5-12H2,1H3/t13-,15+/m1/s1. The minimum absolute atomic E-state index is 0.0923. The van der Waals surface area contributed by atoms with Gasteiger partial charge in [-0.1, -0.05) is 45.4 Å². The van der Waals surface area contributed by atoms with Crippen LogP contribution >= 0.6 is 0 Å². The summed E-state index contributed by atoms with van der Waals surface area (Å²) >= 11 is 0. The smallest absolute Gasteiger partial charge is 0.0705 e. The fourth-order valence-corrected chi connectivity index (χ4v) is 2.77. The van der Waals surface area contributed by atoms with Gasteiger partial charge in [0.25, 0.3) is 0 Å². The molecule has 0 unspecified atom stereocenters. The van der Waals surface area contributed by atoms with E-state index in [2.05, 4.69) is 12.8 Å². The molecule has 1 rings (SSSR count). The van der Waals surface area contributed by atoms with Crippen LogP contribution in [0.3, 0.4) is 0 Å². The van der Waals surface area contributed by atoms with Gasteiger partial charge in [0.2, 0.25) is 0 Å². The first-order chi connectivity index (χ1) is 7.79. The highest BCUT2D eigenvalue weighted by Gasteiger charge is 2.27. The van der Waals surface area contributed by atoms with Crippen molar-refractivity contribution in [3.05, 3.63) is 0 Å². The summed E-state index contributed by atoms with van der Waals surface area (Å²) < 4.78 is 0. The molecule has 2 atom stereocenters. The number of aliphatic hydroxyl groups is 1. The minimum atomic E-state index is -0.248. The Bertz CT molecular complexity index is 210. The van der Waals surface area contributed by atoms with Gasteiger partial charge in [0.15, 0.2) is 0 Å². The molecule has 1 aliphatic carbocycles. The summed E-state index contributed by atoms with van der Waals surface area (Å²) in [5.41, 5.74) is 0. The van der Waals surface area contributed by atoms with Gasteiger partial charge in [-0.25, -0.2) is 0 Å². The Kier molecular flexibility index (Phi) is 6.57. The maximum Gasteiger partial charge on any atom is 0.0705 e. The van der Waals surface area contributed by atoms with E-state index in [9.17, 15) is 5.11 Å². The summed E-state index contributed by atoms with van der Waals surface area (Å²) in [6.45, 7) is 2.20. The molecular weight excluding hydrogens is 196 g/mol. The Labute approximate surface area is 101 Å². The fourth-order valence-electron chi connectivity index (χ4n) is 2.77. The predicted octanol–water partition coefficient (Wildman–Crippen LogP) is 3.76. The molecule has 1 saturated carbocycles. The number of hydrogen-bond donors (Lipinski definition) is 1. The van der Waals surface area contributed by atoms with E-state index in [-0.39, 0.29) is 12.0 Å². The molecule has 92 valence electrons. The second kappa shape index (κ2) is 7.74. The maximum atomic E-state index is 10.3. The van der Waals surface area contributed by atoms with Crippen LogP contribution in [0.15, 0.2) is 0 Å². The number of terminal acetylenes is 1. The van der Waals surface area contributed by atoms with Crippen LogP contribution in [-0.2, 0) is 0 Å². The van der Waals surface area contributed by atoms with Crippen molar-refractivity contribution >= 4 is 0 Å². The summed E-state index contributed by atoms with van der Waals surface area (Å²) in [6.07, 6.45) is 16.1. The zero-order chi connectivity index (χ0) is 11.8. The molecule has 0 bridgehead atoms. The molecule has 0 heterocycles. The molecule has 0 aromatic rings. The first kappa shape index (κ1) is 13.6. The average molecular weight is 222 g/mol. The highest BCUT2D eigenvalue weighted by Crippen LogP contribution is 2.31. The van der Waals surface area contributed by atoms with Crippen LogP contribution in [0.4, 0.5) is 0 Å². The molecule has 1 nitrogen and oxygen atoms in total. The lowest BCUT2D eigenvalue weighted by molar-refractivity contribution is 0.0494. The molecule has 1 heteroatoms. The first-order valence-corrected chi connectivity index (χ1v) is 6.93. The predicted molar refractivity (Wildman–Crippen MR) is 69.0 cm³/mol. The summed E-state index contributed by atoms with van der Waals surface area (Å²) in [4.78, 5) is 0. The van der Waals surface area contributed by atoms with Crippen molar-refractivity contribution in [2.45, 2.75) is 70.8 Å². The lowest BCUT2D eigenvalue weighted by Gasteiger charge is -2.30. The number of rotatable bonds is 6. The zero-order valence-corrected chi connectivity index (χ0v) is 10.6. The molecule has 0 spiro atoms. The fraction of sp³-hybridized carbons (Fsp3) is 0.867. The third-order valence-electron chi connectivity index (χ3n) is 3.88. The van der Waals surface area contributed by atoms with E-state index in [0.717, 1.165) is 12.8 Å². The molecule has 0 aromatic carbocycles. The lowest BCUT2D eigenvalue weighted by atomic mass is 9.79. The van der Waals surface area contributed by atoms with E-state index in [4.69, 9.17) is 6.42 Å². The van der Waals surface area contributed by atoms with Gasteiger partial charge < -0.3 is 5.11 Å². The van der Waals surface area contributed by atoms with E-state index in [1.807, 2.05) is 0 Å². The van der Waals surface area contributed by atoms with Gasteiger partial charge in [0.05, 0.1) is 6.10 Å². The molecule has 1 N–H and O–H groups in total. The monoisotopic (exact) mass is 222 g/mol. The van der Waals surface area contributed by atoms with Crippen molar-refractivity contribution in [3.63, 3.8) is 0 Å². The number of hydrogen-bond acceptors (Lipinski definition) is 1. The molecule has 0 saturated heterocycles. The maximum absolute atomic E-state index is 10.3. The Morgan fingerprint density at radius 2 is 1.94 bits per heavy atom. The van der Waals surface area contributed by atoms with Crippen molar-refractivity contribution in [3.8, 4) is 12.3 Å². The van der Waals surface area contributed by atoms with Crippen LogP contribution < -0.4 is 0 Å². The van der Waals surface area contributed by atoms with Crippen molar-refractivity contribution in [1.29, 1.82) is 0 Å². The van der Waals surface area contributed by atoms with Crippen molar-refractivity contribution in [2.75, 3.05) is 0 Å². The van der Waals surface area contributed by atoms with E-state index >= 15 is 0 Å². The van der Waals surface area contributed by atoms with Crippen LogP contribution in [0.25, 0.3) is 0 Å². The van der Waals surface area contributed by atoms with Gasteiger partial charge in [-0.05, 0) is 25.2 Å². The highest BCUT2D eigenvalue weighted by molar-refractivity contribution is 4.98. The molecular formula is C15H26O. The van der Waals surface area contributed by atoms with Crippen molar-refractivity contribution in [2.24, 2.45) is 11.8 Å². The van der Waals surface area contributed by atoms with Crippen LogP contribution in [0.1, 0.15) is 64.7 Å². The van der Waals surface area contributed by atoms with Crippen LogP contribution in [0, 0.1) is 24.2 Å². The van der Waals surface area contributed by atoms with Gasteiger partial charge in [-0.2, -0.15) is 0 Å². The van der Waals surface area contributed by atoms with E-state index in [1.54, 1.807) is 0 Å². The second-order valence-corrected chi connectivity index (χ2v) is 5.16. The molecule has 16 heavy (non-hydrogen) atoms. The van der Waals surface area contributed by atoms with Crippen molar-refractivity contribution < 1.29 is 5.11 Å². The molecule has 0 radical (unpaired) electrons. The van der Waals surface area contributed by atoms with Crippen LogP contribution in [0.2, 0.25) is 0 Å². The van der Waals surface area contributed by atoms with E-state index < -0.39 is 0 Å². The normalized spacial score (nSPS) is 21.3. The number of aliphatic hydroxyl groups excluding tert-OH is 1. The van der Waals surface area contributed by atoms with Gasteiger partial charge in [0.1, 0.15) is 0 Å². The Morgan fingerprint density at radius 1 is 1.25 bits per heavy atom. The average Bonchev–Trinajstić information content (AvgIpc) is 2.35. The minimum Gasteiger partial charge on any atom is -0.392 e. The van der Waals surface area contributed by atoms with Gasteiger partial charge in [-0.15, -0.1) is 12.3 Å². The largest absolute Gasteiger partial charge is 0.392 e. The quantitative estimate of drug-likeness (QED) is 0.536. The van der Waals surface area contributed by atoms with Crippen LogP contribution in [0.5, 0.6) is 0 Å². The summed E-state index contributed by atoms with van der Waals surface area (Å²) in [6, 6.07) is 0. The Hall–Kier alpha value is -0.480. The van der Waals surface area contributed by atoms with Crippen molar-refractivity contribution in [1.82, 2.24) is 0 Å². The molecule has 1 aliphatic rings.